The molecule has 0 fully saturated rings. The molecule has 1 atom stereocenters. The number of para-hydroxylation sites is 1. The molecule has 5 heteroatoms. The van der Waals surface area contributed by atoms with E-state index in [1.165, 1.54) is 0 Å². The number of allylic oxidation sites excluding steroid dienone is 3. The first-order chi connectivity index (χ1) is 14.2. The molecule has 1 unspecified atom stereocenters. The minimum atomic E-state index is -0.0801. The molecule has 0 saturated heterocycles. The van der Waals surface area contributed by atoms with Crippen LogP contribution in [0.3, 0.4) is 0 Å². The molecular formula is C24H20N2O3. The highest BCUT2D eigenvalue weighted by molar-refractivity contribution is 6.09. The van der Waals surface area contributed by atoms with Crippen molar-refractivity contribution in [2.75, 3.05) is 11.4 Å². The molecule has 1 aliphatic carbocycles. The van der Waals surface area contributed by atoms with Gasteiger partial charge in [-0.3, -0.25) is 9.59 Å². The van der Waals surface area contributed by atoms with Crippen LogP contribution in [0.2, 0.25) is 0 Å². The number of amides is 1. The Balaban J connectivity index is 1.64. The zero-order chi connectivity index (χ0) is 20.0. The number of ether oxygens (including phenoxy) is 1. The molecule has 1 aliphatic heterocycles. The van der Waals surface area contributed by atoms with Crippen LogP contribution in [0.5, 0.6) is 5.75 Å². The molecule has 1 N–H and O–H groups in total. The van der Waals surface area contributed by atoms with Crippen molar-refractivity contribution < 1.29 is 14.3 Å². The SMILES string of the molecule is CC1CN(C(=O)c2cc3ccccc3[nH]2)c2cc(OC=O)c3c(c21)CC=CC=C3. The van der Waals surface area contributed by atoms with Crippen LogP contribution in [-0.2, 0) is 11.2 Å². The molecule has 5 nitrogen and oxygen atoms in total. The second kappa shape index (κ2) is 6.78. The van der Waals surface area contributed by atoms with Gasteiger partial charge >= 0.3 is 0 Å². The quantitative estimate of drug-likeness (QED) is 0.672. The van der Waals surface area contributed by atoms with Crippen molar-refractivity contribution in [3.63, 3.8) is 0 Å². The van der Waals surface area contributed by atoms with Crippen molar-refractivity contribution >= 4 is 35.0 Å². The van der Waals surface area contributed by atoms with Gasteiger partial charge in [0.15, 0.2) is 0 Å². The first kappa shape index (κ1) is 17.5. The third-order valence-corrected chi connectivity index (χ3v) is 5.71. The smallest absolute Gasteiger partial charge is 0.298 e. The number of hydrogen-bond donors (Lipinski definition) is 1. The fraction of sp³-hybridized carbons (Fsp3) is 0.167. The molecule has 1 aromatic heterocycles. The van der Waals surface area contributed by atoms with Crippen molar-refractivity contribution in [2.45, 2.75) is 19.3 Å². The average Bonchev–Trinajstić information content (AvgIpc) is 3.20. The van der Waals surface area contributed by atoms with E-state index < -0.39 is 0 Å². The van der Waals surface area contributed by atoms with Crippen LogP contribution < -0.4 is 9.64 Å². The number of fused-ring (bicyclic) bond motifs is 4. The van der Waals surface area contributed by atoms with Gasteiger partial charge in [0.2, 0.25) is 0 Å². The lowest BCUT2D eigenvalue weighted by Crippen LogP contribution is -2.29. The Bertz CT molecular complexity index is 1170. The van der Waals surface area contributed by atoms with Crippen LogP contribution in [-0.4, -0.2) is 23.9 Å². The number of carbonyl (C=O) groups is 2. The van der Waals surface area contributed by atoms with Crippen molar-refractivity contribution in [3.05, 3.63) is 77.0 Å². The molecule has 1 amide bonds. The Morgan fingerprint density at radius 2 is 2.10 bits per heavy atom. The van der Waals surface area contributed by atoms with Gasteiger partial charge in [0.1, 0.15) is 11.4 Å². The van der Waals surface area contributed by atoms with Gasteiger partial charge in [0.05, 0.1) is 5.69 Å². The fourth-order valence-electron chi connectivity index (χ4n) is 4.46. The molecule has 0 bridgehead atoms. The molecule has 0 saturated carbocycles. The molecule has 2 aromatic carbocycles. The number of nitrogens with one attached hydrogen (secondary N) is 1. The first-order valence-electron chi connectivity index (χ1n) is 9.70. The van der Waals surface area contributed by atoms with Gasteiger partial charge < -0.3 is 14.6 Å². The summed E-state index contributed by atoms with van der Waals surface area (Å²) in [5, 5.41) is 1.01. The van der Waals surface area contributed by atoms with Gasteiger partial charge in [-0.15, -0.1) is 0 Å². The summed E-state index contributed by atoms with van der Waals surface area (Å²) < 4.78 is 5.30. The molecular weight excluding hydrogens is 364 g/mol. The average molecular weight is 384 g/mol. The maximum atomic E-state index is 13.4. The molecule has 2 heterocycles. The molecule has 29 heavy (non-hydrogen) atoms. The van der Waals surface area contributed by atoms with Crippen LogP contribution in [0, 0.1) is 0 Å². The van der Waals surface area contributed by atoms with Crippen LogP contribution >= 0.6 is 0 Å². The summed E-state index contributed by atoms with van der Waals surface area (Å²) in [6.45, 7) is 3.17. The second-order valence-corrected chi connectivity index (χ2v) is 7.49. The lowest BCUT2D eigenvalue weighted by Gasteiger charge is -2.19. The summed E-state index contributed by atoms with van der Waals surface area (Å²) in [5.41, 5.74) is 5.49. The molecule has 0 radical (unpaired) electrons. The Labute approximate surface area is 168 Å². The summed E-state index contributed by atoms with van der Waals surface area (Å²) in [7, 11) is 0. The number of rotatable bonds is 3. The Kier molecular flexibility index (Phi) is 4.09. The largest absolute Gasteiger partial charge is 0.428 e. The number of aromatic amines is 1. The lowest BCUT2D eigenvalue weighted by atomic mass is 9.91. The molecule has 2 aliphatic rings. The maximum absolute atomic E-state index is 13.4. The Morgan fingerprint density at radius 3 is 2.93 bits per heavy atom. The van der Waals surface area contributed by atoms with Crippen molar-refractivity contribution in [1.82, 2.24) is 4.98 Å². The first-order valence-corrected chi connectivity index (χ1v) is 9.70. The molecule has 0 spiro atoms. The number of H-pyrrole nitrogens is 1. The van der Waals surface area contributed by atoms with E-state index in [0.29, 0.717) is 24.5 Å². The standard InChI is InChI=1S/C24H20N2O3/c1-15-13-26(24(28)20-11-16-7-5-6-10-19(16)25-20)21-12-22(29-14-27)17-8-3-2-4-9-18(17)23(15)21/h2-8,10-12,14-15,25H,9,13H2,1H3. The highest BCUT2D eigenvalue weighted by Crippen LogP contribution is 2.45. The fourth-order valence-corrected chi connectivity index (χ4v) is 4.46. The molecule has 5 rings (SSSR count). The zero-order valence-electron chi connectivity index (χ0n) is 16.0. The number of aromatic nitrogens is 1. The Hall–Kier alpha value is -3.60. The summed E-state index contributed by atoms with van der Waals surface area (Å²) >= 11 is 0. The normalized spacial score (nSPS) is 17.1. The van der Waals surface area contributed by atoms with E-state index in [1.807, 2.05) is 54.6 Å². The van der Waals surface area contributed by atoms with Gasteiger partial charge in [0.25, 0.3) is 12.4 Å². The van der Waals surface area contributed by atoms with Crippen molar-refractivity contribution in [3.8, 4) is 5.75 Å². The van der Waals surface area contributed by atoms with Crippen LogP contribution in [0.1, 0.15) is 40.0 Å². The van der Waals surface area contributed by atoms with Gasteiger partial charge in [-0.1, -0.05) is 49.4 Å². The van der Waals surface area contributed by atoms with E-state index in [0.717, 1.165) is 39.7 Å². The van der Waals surface area contributed by atoms with E-state index in [2.05, 4.69) is 18.0 Å². The maximum Gasteiger partial charge on any atom is 0.298 e. The number of nitrogens with zero attached hydrogens (tertiary/aromatic N) is 1. The number of hydrogen-bond acceptors (Lipinski definition) is 3. The van der Waals surface area contributed by atoms with Crippen LogP contribution in [0.15, 0.2) is 54.6 Å². The highest BCUT2D eigenvalue weighted by atomic mass is 16.5. The minimum Gasteiger partial charge on any atom is -0.428 e. The van der Waals surface area contributed by atoms with E-state index in [-0.39, 0.29) is 11.8 Å². The predicted octanol–water partition coefficient (Wildman–Crippen LogP) is 4.59. The number of carbonyl (C=O) groups excluding carboxylic acids is 2. The van der Waals surface area contributed by atoms with E-state index in [1.54, 1.807) is 4.90 Å². The second-order valence-electron chi connectivity index (χ2n) is 7.49. The molecule has 3 aromatic rings. The lowest BCUT2D eigenvalue weighted by molar-refractivity contribution is -0.120. The summed E-state index contributed by atoms with van der Waals surface area (Å²) in [4.78, 5) is 29.5. The van der Waals surface area contributed by atoms with Gasteiger partial charge in [-0.2, -0.15) is 0 Å². The summed E-state index contributed by atoms with van der Waals surface area (Å²) in [6, 6.07) is 11.6. The van der Waals surface area contributed by atoms with Gasteiger partial charge in [0, 0.05) is 35.0 Å². The summed E-state index contributed by atoms with van der Waals surface area (Å²) in [6.07, 6.45) is 8.72. The predicted molar refractivity (Wildman–Crippen MR) is 113 cm³/mol. The monoisotopic (exact) mass is 384 g/mol. The molecule has 144 valence electrons. The third-order valence-electron chi connectivity index (χ3n) is 5.71. The number of anilines is 1. The highest BCUT2D eigenvalue weighted by Gasteiger charge is 2.35. The van der Waals surface area contributed by atoms with Gasteiger partial charge in [-0.05, 0) is 29.7 Å². The van der Waals surface area contributed by atoms with Crippen molar-refractivity contribution in [2.24, 2.45) is 0 Å². The minimum absolute atomic E-state index is 0.0801. The number of benzene rings is 2. The Morgan fingerprint density at radius 1 is 1.24 bits per heavy atom. The van der Waals surface area contributed by atoms with Crippen LogP contribution in [0.4, 0.5) is 5.69 Å². The van der Waals surface area contributed by atoms with Crippen molar-refractivity contribution in [1.29, 1.82) is 0 Å². The topological polar surface area (TPSA) is 62.4 Å². The third kappa shape index (κ3) is 2.78. The van der Waals surface area contributed by atoms with E-state index in [9.17, 15) is 9.59 Å². The van der Waals surface area contributed by atoms with Gasteiger partial charge in [-0.25, -0.2) is 0 Å². The zero-order valence-corrected chi connectivity index (χ0v) is 16.0. The van der Waals surface area contributed by atoms with E-state index >= 15 is 0 Å². The van der Waals surface area contributed by atoms with E-state index in [4.69, 9.17) is 4.74 Å². The van der Waals surface area contributed by atoms with Crippen LogP contribution in [0.25, 0.3) is 17.0 Å². The summed E-state index contributed by atoms with van der Waals surface area (Å²) in [5.74, 6) is 0.595.